The number of carbonyl (C=O) groups excluding carboxylic acids is 1. The summed E-state index contributed by atoms with van der Waals surface area (Å²) >= 11 is 5.05. The molecule has 1 amide bonds. The van der Waals surface area contributed by atoms with E-state index in [9.17, 15) is 4.79 Å². The lowest BCUT2D eigenvalue weighted by Crippen LogP contribution is -2.27. The molecule has 2 rings (SSSR count). The third-order valence-electron chi connectivity index (χ3n) is 3.27. The van der Waals surface area contributed by atoms with Gasteiger partial charge in [0.2, 0.25) is 5.91 Å². The number of ether oxygens (including phenoxy) is 2. The van der Waals surface area contributed by atoms with Crippen LogP contribution in [0.2, 0.25) is 0 Å². The summed E-state index contributed by atoms with van der Waals surface area (Å²) in [5.74, 6) is 1.45. The number of benzene rings is 1. The molecule has 1 heterocycles. The highest BCUT2D eigenvalue weighted by Crippen LogP contribution is 2.25. The molecule has 1 aromatic carbocycles. The van der Waals surface area contributed by atoms with E-state index in [-0.39, 0.29) is 12.3 Å². The lowest BCUT2D eigenvalue weighted by molar-refractivity contribution is -0.129. The highest BCUT2D eigenvalue weighted by atomic mass is 79.9. The van der Waals surface area contributed by atoms with Crippen LogP contribution in [-0.2, 0) is 17.8 Å². The molecule has 0 spiro atoms. The summed E-state index contributed by atoms with van der Waals surface area (Å²) in [6.45, 7) is 0.599. The number of amides is 1. The quantitative estimate of drug-likeness (QED) is 0.762. The lowest BCUT2D eigenvalue weighted by atomic mass is 10.1. The molecule has 0 unspecified atom stereocenters. The SMILES string of the molecule is COc1ccc(OC)c(CC(=O)N(C)Cc2cc(Br)cs2)c1. The molecule has 1 aromatic heterocycles. The minimum atomic E-state index is 0.0380. The van der Waals surface area contributed by atoms with Crippen LogP contribution in [0.4, 0.5) is 0 Å². The van der Waals surface area contributed by atoms with E-state index in [2.05, 4.69) is 15.9 Å². The number of likely N-dealkylation sites (N-methyl/N-ethyl adjacent to an activating group) is 1. The number of hydrogen-bond donors (Lipinski definition) is 0. The second-order valence-electron chi connectivity index (χ2n) is 4.84. The highest BCUT2D eigenvalue weighted by Gasteiger charge is 2.15. The molecule has 0 N–H and O–H groups in total. The maximum Gasteiger partial charge on any atom is 0.227 e. The maximum atomic E-state index is 12.4. The Kier molecular flexibility index (Phi) is 5.85. The van der Waals surface area contributed by atoms with E-state index in [1.807, 2.05) is 36.7 Å². The Labute approximate surface area is 142 Å². The normalized spacial score (nSPS) is 10.4. The van der Waals surface area contributed by atoms with Crippen LogP contribution in [0.25, 0.3) is 0 Å². The van der Waals surface area contributed by atoms with E-state index in [0.717, 1.165) is 14.9 Å². The van der Waals surface area contributed by atoms with Crippen LogP contribution in [0.1, 0.15) is 10.4 Å². The van der Waals surface area contributed by atoms with E-state index in [0.29, 0.717) is 18.0 Å². The van der Waals surface area contributed by atoms with E-state index < -0.39 is 0 Å². The van der Waals surface area contributed by atoms with Crippen LogP contribution < -0.4 is 9.47 Å². The number of hydrogen-bond acceptors (Lipinski definition) is 4. The predicted molar refractivity (Wildman–Crippen MR) is 91.7 cm³/mol. The molecule has 0 aliphatic carbocycles. The van der Waals surface area contributed by atoms with Gasteiger partial charge in [-0.05, 0) is 40.2 Å². The Morgan fingerprint density at radius 2 is 2.05 bits per heavy atom. The summed E-state index contributed by atoms with van der Waals surface area (Å²) in [4.78, 5) is 15.3. The molecule has 0 radical (unpaired) electrons. The van der Waals surface area contributed by atoms with Gasteiger partial charge in [0.15, 0.2) is 0 Å². The molecular weight excluding hydrogens is 366 g/mol. The van der Waals surface area contributed by atoms with Crippen molar-refractivity contribution in [3.8, 4) is 11.5 Å². The van der Waals surface area contributed by atoms with Gasteiger partial charge in [0, 0.05) is 27.3 Å². The zero-order valence-electron chi connectivity index (χ0n) is 12.8. The zero-order chi connectivity index (χ0) is 16.1. The standard InChI is InChI=1S/C16H18BrNO3S/c1-18(9-14-8-12(17)10-22-14)16(19)7-11-6-13(20-2)4-5-15(11)21-3/h4-6,8,10H,7,9H2,1-3H3. The molecule has 2 aromatic rings. The van der Waals surface area contributed by atoms with Gasteiger partial charge in [-0.3, -0.25) is 4.79 Å². The van der Waals surface area contributed by atoms with Crippen LogP contribution in [-0.4, -0.2) is 32.1 Å². The number of halogens is 1. The molecular formula is C16H18BrNO3S. The molecule has 118 valence electrons. The van der Waals surface area contributed by atoms with Crippen molar-refractivity contribution in [1.82, 2.24) is 4.90 Å². The zero-order valence-corrected chi connectivity index (χ0v) is 15.2. The van der Waals surface area contributed by atoms with Crippen LogP contribution in [0.3, 0.4) is 0 Å². The van der Waals surface area contributed by atoms with Gasteiger partial charge in [-0.15, -0.1) is 11.3 Å². The second kappa shape index (κ2) is 7.65. The van der Waals surface area contributed by atoms with Gasteiger partial charge in [0.1, 0.15) is 11.5 Å². The number of methoxy groups -OCH3 is 2. The minimum absolute atomic E-state index is 0.0380. The first-order valence-corrected chi connectivity index (χ1v) is 8.38. The summed E-state index contributed by atoms with van der Waals surface area (Å²) in [6, 6.07) is 7.50. The predicted octanol–water partition coefficient (Wildman–Crippen LogP) is 3.73. The first-order valence-electron chi connectivity index (χ1n) is 6.71. The van der Waals surface area contributed by atoms with Gasteiger partial charge < -0.3 is 14.4 Å². The van der Waals surface area contributed by atoms with Gasteiger partial charge in [-0.2, -0.15) is 0 Å². The van der Waals surface area contributed by atoms with E-state index in [1.54, 1.807) is 30.5 Å². The molecule has 0 saturated heterocycles. The largest absolute Gasteiger partial charge is 0.497 e. The van der Waals surface area contributed by atoms with Gasteiger partial charge in [0.05, 0.1) is 27.2 Å². The number of rotatable bonds is 6. The number of carbonyl (C=O) groups is 1. The summed E-state index contributed by atoms with van der Waals surface area (Å²) in [7, 11) is 5.01. The van der Waals surface area contributed by atoms with Crippen molar-refractivity contribution in [2.24, 2.45) is 0 Å². The van der Waals surface area contributed by atoms with Crippen LogP contribution >= 0.6 is 27.3 Å². The molecule has 0 saturated carbocycles. The van der Waals surface area contributed by atoms with Crippen molar-refractivity contribution in [1.29, 1.82) is 0 Å². The third-order valence-corrected chi connectivity index (χ3v) is 4.95. The van der Waals surface area contributed by atoms with Crippen molar-refractivity contribution in [2.75, 3.05) is 21.3 Å². The Bertz CT molecular complexity index is 657. The Hall–Kier alpha value is -1.53. The van der Waals surface area contributed by atoms with E-state index in [4.69, 9.17) is 9.47 Å². The fourth-order valence-corrected chi connectivity index (χ4v) is 3.58. The van der Waals surface area contributed by atoms with E-state index >= 15 is 0 Å². The van der Waals surface area contributed by atoms with Gasteiger partial charge in [-0.1, -0.05) is 0 Å². The molecule has 0 aliphatic heterocycles. The Morgan fingerprint density at radius 1 is 1.27 bits per heavy atom. The first kappa shape index (κ1) is 16.8. The topological polar surface area (TPSA) is 38.8 Å². The summed E-state index contributed by atoms with van der Waals surface area (Å²) in [5.41, 5.74) is 0.825. The molecule has 6 heteroatoms. The van der Waals surface area contributed by atoms with Gasteiger partial charge in [-0.25, -0.2) is 0 Å². The monoisotopic (exact) mass is 383 g/mol. The van der Waals surface area contributed by atoms with Crippen molar-refractivity contribution in [3.05, 3.63) is 44.6 Å². The average molecular weight is 384 g/mol. The van der Waals surface area contributed by atoms with E-state index in [1.165, 1.54) is 0 Å². The fraction of sp³-hybridized carbons (Fsp3) is 0.312. The van der Waals surface area contributed by atoms with Gasteiger partial charge >= 0.3 is 0 Å². The molecule has 4 nitrogen and oxygen atoms in total. The molecule has 0 bridgehead atoms. The number of thiophene rings is 1. The first-order chi connectivity index (χ1) is 10.5. The summed E-state index contributed by atoms with van der Waals surface area (Å²) < 4.78 is 11.6. The lowest BCUT2D eigenvalue weighted by Gasteiger charge is -2.17. The molecule has 0 fully saturated rings. The third kappa shape index (κ3) is 4.24. The van der Waals surface area contributed by atoms with Crippen LogP contribution in [0.5, 0.6) is 11.5 Å². The maximum absolute atomic E-state index is 12.4. The molecule has 0 atom stereocenters. The van der Waals surface area contributed by atoms with Crippen LogP contribution in [0, 0.1) is 0 Å². The van der Waals surface area contributed by atoms with Crippen molar-refractivity contribution in [2.45, 2.75) is 13.0 Å². The smallest absolute Gasteiger partial charge is 0.227 e. The number of nitrogens with zero attached hydrogens (tertiary/aromatic N) is 1. The summed E-state index contributed by atoms with van der Waals surface area (Å²) in [6.07, 6.45) is 0.281. The Morgan fingerprint density at radius 3 is 2.64 bits per heavy atom. The molecule has 0 aliphatic rings. The van der Waals surface area contributed by atoms with Crippen LogP contribution in [0.15, 0.2) is 34.1 Å². The van der Waals surface area contributed by atoms with Crippen molar-refractivity contribution < 1.29 is 14.3 Å². The van der Waals surface area contributed by atoms with Crippen molar-refractivity contribution >= 4 is 33.2 Å². The minimum Gasteiger partial charge on any atom is -0.497 e. The summed E-state index contributed by atoms with van der Waals surface area (Å²) in [5, 5.41) is 2.01. The molecule has 22 heavy (non-hydrogen) atoms. The van der Waals surface area contributed by atoms with Crippen molar-refractivity contribution in [3.63, 3.8) is 0 Å². The highest BCUT2D eigenvalue weighted by molar-refractivity contribution is 9.10. The van der Waals surface area contributed by atoms with Gasteiger partial charge in [0.25, 0.3) is 0 Å². The Balaban J connectivity index is 2.07. The fourth-order valence-electron chi connectivity index (χ4n) is 2.08. The second-order valence-corrected chi connectivity index (χ2v) is 6.75. The average Bonchev–Trinajstić information content (AvgIpc) is 2.92.